The van der Waals surface area contributed by atoms with Gasteiger partial charge in [-0.2, -0.15) is 0 Å². The molecule has 0 aliphatic carbocycles. The summed E-state index contributed by atoms with van der Waals surface area (Å²) in [5.41, 5.74) is 0.494. The zero-order valence-electron chi connectivity index (χ0n) is 7.82. The maximum Gasteiger partial charge on any atom is 0.257 e. The van der Waals surface area contributed by atoms with E-state index in [-0.39, 0.29) is 12.2 Å². The van der Waals surface area contributed by atoms with Crippen LogP contribution in [0, 0.1) is 11.8 Å². The minimum atomic E-state index is -0.203. The normalized spacial score (nSPS) is 9.67. The smallest absolute Gasteiger partial charge is 0.257 e. The fourth-order valence-electron chi connectivity index (χ4n) is 1.34. The Labute approximate surface area is 85.6 Å². The molecule has 74 valence electrons. The molecule has 0 saturated carbocycles. The van der Waals surface area contributed by atoms with Crippen LogP contribution in [0.1, 0.15) is 5.56 Å². The molecule has 2 N–H and O–H groups in total. The third-order valence-electron chi connectivity index (χ3n) is 2.01. The lowest BCUT2D eigenvalue weighted by Gasteiger charge is -1.97. The Kier molecular flexibility index (Phi) is 2.48. The maximum absolute atomic E-state index is 11.4. The second-order valence-electron chi connectivity index (χ2n) is 2.91. The molecule has 4 nitrogen and oxygen atoms in total. The Morgan fingerprint density at radius 2 is 2.33 bits per heavy atom. The molecular formula is C11H8N2O2. The number of hydrogen-bond donors (Lipinski definition) is 2. The summed E-state index contributed by atoms with van der Waals surface area (Å²) < 4.78 is 0. The van der Waals surface area contributed by atoms with Gasteiger partial charge in [0.15, 0.2) is 0 Å². The van der Waals surface area contributed by atoms with Gasteiger partial charge in [0.25, 0.3) is 5.56 Å². The monoisotopic (exact) mass is 200 g/mol. The first kappa shape index (κ1) is 9.44. The summed E-state index contributed by atoms with van der Waals surface area (Å²) in [6, 6.07) is 1.73. The SMILES string of the molecule is O=c1[nH]cc(C#CCO)c2ccncc12. The molecule has 0 atom stereocenters. The molecule has 4 heteroatoms. The van der Waals surface area contributed by atoms with E-state index in [0.717, 1.165) is 5.39 Å². The predicted molar refractivity (Wildman–Crippen MR) is 56.3 cm³/mol. The molecule has 2 aromatic rings. The number of H-pyrrole nitrogens is 1. The van der Waals surface area contributed by atoms with Gasteiger partial charge in [0.2, 0.25) is 0 Å². The molecule has 0 bridgehead atoms. The first-order valence-electron chi connectivity index (χ1n) is 4.38. The first-order chi connectivity index (χ1) is 7.33. The van der Waals surface area contributed by atoms with E-state index in [0.29, 0.717) is 10.9 Å². The van der Waals surface area contributed by atoms with Gasteiger partial charge in [-0.15, -0.1) is 0 Å². The van der Waals surface area contributed by atoms with Gasteiger partial charge in [-0.1, -0.05) is 11.8 Å². The van der Waals surface area contributed by atoms with Crippen LogP contribution in [-0.2, 0) is 0 Å². The largest absolute Gasteiger partial charge is 0.384 e. The highest BCUT2D eigenvalue weighted by molar-refractivity contribution is 5.86. The molecular weight excluding hydrogens is 192 g/mol. The van der Waals surface area contributed by atoms with Gasteiger partial charge in [0.1, 0.15) is 6.61 Å². The average Bonchev–Trinajstić information content (AvgIpc) is 2.29. The molecule has 2 heterocycles. The molecule has 2 aromatic heterocycles. The van der Waals surface area contributed by atoms with Crippen LogP contribution < -0.4 is 5.56 Å². The van der Waals surface area contributed by atoms with Crippen molar-refractivity contribution in [2.24, 2.45) is 0 Å². The average molecular weight is 200 g/mol. The van der Waals surface area contributed by atoms with Gasteiger partial charge in [0.05, 0.1) is 5.39 Å². The third kappa shape index (κ3) is 1.73. The van der Waals surface area contributed by atoms with Crippen LogP contribution in [0.4, 0.5) is 0 Å². The lowest BCUT2D eigenvalue weighted by atomic mass is 10.1. The van der Waals surface area contributed by atoms with Crippen LogP contribution in [0.15, 0.2) is 29.5 Å². The molecule has 0 aliphatic heterocycles. The minimum Gasteiger partial charge on any atom is -0.384 e. The highest BCUT2D eigenvalue weighted by Gasteiger charge is 2.01. The number of aromatic nitrogens is 2. The Balaban J connectivity index is 2.77. The van der Waals surface area contributed by atoms with Gasteiger partial charge in [-0.05, 0) is 6.07 Å². The number of pyridine rings is 2. The van der Waals surface area contributed by atoms with Gasteiger partial charge >= 0.3 is 0 Å². The summed E-state index contributed by atoms with van der Waals surface area (Å²) >= 11 is 0. The summed E-state index contributed by atoms with van der Waals surface area (Å²) in [6.45, 7) is -0.203. The minimum absolute atomic E-state index is 0.187. The number of rotatable bonds is 0. The molecule has 0 fully saturated rings. The van der Waals surface area contributed by atoms with E-state index >= 15 is 0 Å². The number of nitrogens with zero attached hydrogens (tertiary/aromatic N) is 1. The van der Waals surface area contributed by atoms with Gasteiger partial charge in [-0.25, -0.2) is 0 Å². The van der Waals surface area contributed by atoms with Crippen molar-refractivity contribution in [1.82, 2.24) is 9.97 Å². The van der Waals surface area contributed by atoms with E-state index in [2.05, 4.69) is 21.8 Å². The molecule has 15 heavy (non-hydrogen) atoms. The molecule has 0 spiro atoms. The van der Waals surface area contributed by atoms with Crippen molar-refractivity contribution in [3.05, 3.63) is 40.6 Å². The zero-order chi connectivity index (χ0) is 10.7. The Morgan fingerprint density at radius 3 is 3.13 bits per heavy atom. The summed E-state index contributed by atoms with van der Waals surface area (Å²) in [6.07, 6.45) is 4.64. The van der Waals surface area contributed by atoms with Crippen LogP contribution in [0.5, 0.6) is 0 Å². The highest BCUT2D eigenvalue weighted by Crippen LogP contribution is 2.11. The third-order valence-corrected chi connectivity index (χ3v) is 2.01. The van der Waals surface area contributed by atoms with Gasteiger partial charge in [-0.3, -0.25) is 9.78 Å². The molecule has 0 saturated heterocycles. The Morgan fingerprint density at radius 1 is 1.47 bits per heavy atom. The fraction of sp³-hybridized carbons (Fsp3) is 0.0909. The number of aliphatic hydroxyl groups excluding tert-OH is 1. The molecule has 0 aliphatic rings. The van der Waals surface area contributed by atoms with E-state index in [1.807, 2.05) is 0 Å². The van der Waals surface area contributed by atoms with Gasteiger partial charge in [0, 0.05) is 29.5 Å². The molecule has 0 amide bonds. The number of fused-ring (bicyclic) bond motifs is 1. The van der Waals surface area contributed by atoms with Crippen molar-refractivity contribution < 1.29 is 5.11 Å². The Hall–Kier alpha value is -2.12. The summed E-state index contributed by atoms with van der Waals surface area (Å²) in [5, 5.41) is 9.84. The lowest BCUT2D eigenvalue weighted by molar-refractivity contribution is 0.350. The number of aliphatic hydroxyl groups is 1. The number of hydrogen-bond acceptors (Lipinski definition) is 3. The van der Waals surface area contributed by atoms with E-state index < -0.39 is 0 Å². The number of nitrogens with one attached hydrogen (secondary N) is 1. The summed E-state index contributed by atoms with van der Waals surface area (Å²) in [4.78, 5) is 17.9. The van der Waals surface area contributed by atoms with E-state index in [9.17, 15) is 4.79 Å². The second-order valence-corrected chi connectivity index (χ2v) is 2.91. The number of aromatic amines is 1. The Bertz CT molecular complexity index is 605. The van der Waals surface area contributed by atoms with Gasteiger partial charge < -0.3 is 10.1 Å². The quantitative estimate of drug-likeness (QED) is 0.600. The van der Waals surface area contributed by atoms with Crippen molar-refractivity contribution in [3.8, 4) is 11.8 Å². The van der Waals surface area contributed by atoms with Crippen LogP contribution >= 0.6 is 0 Å². The topological polar surface area (TPSA) is 66.0 Å². The molecule has 0 aromatic carbocycles. The van der Waals surface area contributed by atoms with Crippen molar-refractivity contribution in [2.75, 3.05) is 6.61 Å². The molecule has 0 unspecified atom stereocenters. The lowest BCUT2D eigenvalue weighted by Crippen LogP contribution is -2.06. The second kappa shape index (κ2) is 3.95. The van der Waals surface area contributed by atoms with E-state index in [1.165, 1.54) is 12.4 Å². The van der Waals surface area contributed by atoms with Crippen LogP contribution in [0.2, 0.25) is 0 Å². The predicted octanol–water partition coefficient (Wildman–Crippen LogP) is 0.267. The van der Waals surface area contributed by atoms with E-state index in [1.54, 1.807) is 12.3 Å². The van der Waals surface area contributed by atoms with E-state index in [4.69, 9.17) is 5.11 Å². The zero-order valence-corrected chi connectivity index (χ0v) is 7.82. The van der Waals surface area contributed by atoms with Crippen LogP contribution in [0.25, 0.3) is 10.8 Å². The summed E-state index contributed by atoms with van der Waals surface area (Å²) in [7, 11) is 0. The van der Waals surface area contributed by atoms with Crippen molar-refractivity contribution in [2.45, 2.75) is 0 Å². The van der Waals surface area contributed by atoms with Crippen molar-refractivity contribution >= 4 is 10.8 Å². The van der Waals surface area contributed by atoms with Crippen molar-refractivity contribution in [3.63, 3.8) is 0 Å². The van der Waals surface area contributed by atoms with Crippen molar-refractivity contribution in [1.29, 1.82) is 0 Å². The summed E-state index contributed by atoms with van der Waals surface area (Å²) in [5.74, 6) is 5.31. The standard InChI is InChI=1S/C11H8N2O2/c14-5-1-2-8-6-13-11(15)10-7-12-4-3-9(8)10/h3-4,6-7,14H,5H2,(H,13,15). The maximum atomic E-state index is 11.4. The van der Waals surface area contributed by atoms with Crippen LogP contribution in [-0.4, -0.2) is 21.7 Å². The molecule has 2 rings (SSSR count). The molecule has 0 radical (unpaired) electrons. The fourth-order valence-corrected chi connectivity index (χ4v) is 1.34. The highest BCUT2D eigenvalue weighted by atomic mass is 16.2. The van der Waals surface area contributed by atoms with Crippen LogP contribution in [0.3, 0.4) is 0 Å². The first-order valence-corrected chi connectivity index (χ1v) is 4.38.